The van der Waals surface area contributed by atoms with Crippen LogP contribution in [0.1, 0.15) is 37.0 Å². The van der Waals surface area contributed by atoms with Crippen LogP contribution in [-0.2, 0) is 4.84 Å². The molecule has 0 radical (unpaired) electrons. The van der Waals surface area contributed by atoms with Gasteiger partial charge in [-0.2, -0.15) is 5.10 Å². The van der Waals surface area contributed by atoms with Crippen LogP contribution in [-0.4, -0.2) is 58.2 Å². The first kappa shape index (κ1) is 25.3. The number of halogens is 2. The highest BCUT2D eigenvalue weighted by atomic mass is 35.5. The van der Waals surface area contributed by atoms with E-state index in [2.05, 4.69) is 25.4 Å². The number of carbonyl (C=O) groups is 1. The molecular formula is C21H28ClFN6O3. The number of nitrogens with one attached hydrogen (secondary N) is 1. The van der Waals surface area contributed by atoms with Crippen LogP contribution in [0.3, 0.4) is 0 Å². The highest BCUT2D eigenvalue weighted by molar-refractivity contribution is 6.18. The predicted molar refractivity (Wildman–Crippen MR) is 121 cm³/mol. The summed E-state index contributed by atoms with van der Waals surface area (Å²) in [7, 11) is 1.49. The third kappa shape index (κ3) is 7.03. The van der Waals surface area contributed by atoms with Gasteiger partial charge in [-0.15, -0.1) is 11.6 Å². The summed E-state index contributed by atoms with van der Waals surface area (Å²) in [5.41, 5.74) is 3.24. The van der Waals surface area contributed by atoms with E-state index in [-0.39, 0.29) is 18.3 Å². The molecule has 174 valence electrons. The van der Waals surface area contributed by atoms with E-state index in [1.54, 1.807) is 4.52 Å². The number of fused-ring (bicyclic) bond motifs is 1. The van der Waals surface area contributed by atoms with Gasteiger partial charge in [-0.25, -0.2) is 24.4 Å². The summed E-state index contributed by atoms with van der Waals surface area (Å²) in [5.74, 6) is 0.886. The molecule has 0 aliphatic carbocycles. The molecule has 32 heavy (non-hydrogen) atoms. The van der Waals surface area contributed by atoms with Crippen LogP contribution < -0.4 is 15.1 Å². The Morgan fingerprint density at radius 1 is 1.22 bits per heavy atom. The van der Waals surface area contributed by atoms with E-state index in [0.29, 0.717) is 23.0 Å². The summed E-state index contributed by atoms with van der Waals surface area (Å²) in [5, 5.41) is 4.13. The second-order valence-electron chi connectivity index (χ2n) is 6.29. The second-order valence-corrected chi connectivity index (χ2v) is 6.67. The number of nitrogens with zero attached hydrogens (tertiary/aromatic N) is 5. The van der Waals surface area contributed by atoms with Gasteiger partial charge >= 0.3 is 0 Å². The van der Waals surface area contributed by atoms with Gasteiger partial charge in [0.2, 0.25) is 5.88 Å². The summed E-state index contributed by atoms with van der Waals surface area (Å²) in [6.45, 7) is 6.24. The van der Waals surface area contributed by atoms with Gasteiger partial charge in [0.25, 0.3) is 5.91 Å². The van der Waals surface area contributed by atoms with Crippen molar-refractivity contribution in [3.8, 4) is 5.88 Å². The standard InChI is InChI=1S/C13H16ClN5O2.C6H6FNO.C2H6/c14-4-8-21-17-13(20)10-9-15-19-7-3-11(16-12(10)19)18-5-1-2-6-18;1-9-6-3-2-5(7)4-8-6;1-2/h3,7,9H,1-2,4-6,8H2,(H,17,20);2-4H,1H3;1-2H3. The Morgan fingerprint density at radius 3 is 2.59 bits per heavy atom. The number of alkyl halides is 1. The van der Waals surface area contributed by atoms with Crippen LogP contribution in [0.15, 0.2) is 36.8 Å². The fraction of sp³-hybridized carbons (Fsp3) is 0.429. The number of methoxy groups -OCH3 is 1. The van der Waals surface area contributed by atoms with Gasteiger partial charge in [0.15, 0.2) is 5.65 Å². The first-order valence-corrected chi connectivity index (χ1v) is 10.9. The van der Waals surface area contributed by atoms with Crippen molar-refractivity contribution in [1.29, 1.82) is 0 Å². The molecule has 1 fully saturated rings. The number of aromatic nitrogens is 4. The number of carbonyl (C=O) groups excluding carboxylic acids is 1. The third-order valence-electron chi connectivity index (χ3n) is 4.28. The van der Waals surface area contributed by atoms with Gasteiger partial charge in [-0.3, -0.25) is 9.63 Å². The van der Waals surface area contributed by atoms with Gasteiger partial charge in [0.1, 0.15) is 17.2 Å². The van der Waals surface area contributed by atoms with Gasteiger partial charge in [0.05, 0.1) is 26.1 Å². The van der Waals surface area contributed by atoms with Crippen LogP contribution in [0.5, 0.6) is 5.88 Å². The summed E-state index contributed by atoms with van der Waals surface area (Å²) in [6.07, 6.45) is 6.75. The van der Waals surface area contributed by atoms with Gasteiger partial charge in [-0.1, -0.05) is 13.8 Å². The molecule has 0 spiro atoms. The molecular weight excluding hydrogens is 439 g/mol. The van der Waals surface area contributed by atoms with Crippen LogP contribution in [0.25, 0.3) is 5.65 Å². The summed E-state index contributed by atoms with van der Waals surface area (Å²) in [4.78, 5) is 27.3. The van der Waals surface area contributed by atoms with Crippen molar-refractivity contribution in [3.05, 3.63) is 48.2 Å². The number of hydrogen-bond donors (Lipinski definition) is 1. The third-order valence-corrected chi connectivity index (χ3v) is 4.44. The maximum absolute atomic E-state index is 12.1. The highest BCUT2D eigenvalue weighted by Gasteiger charge is 2.18. The molecule has 0 unspecified atom stereocenters. The number of amides is 1. The molecule has 1 saturated heterocycles. The topological polar surface area (TPSA) is 93.9 Å². The largest absolute Gasteiger partial charge is 0.481 e. The van der Waals surface area contributed by atoms with E-state index in [9.17, 15) is 9.18 Å². The van der Waals surface area contributed by atoms with Crippen molar-refractivity contribution in [2.75, 3.05) is 37.6 Å². The summed E-state index contributed by atoms with van der Waals surface area (Å²) < 4.78 is 18.4. The van der Waals surface area contributed by atoms with Crippen LogP contribution in [0.4, 0.5) is 10.2 Å². The van der Waals surface area contributed by atoms with Crippen molar-refractivity contribution in [2.24, 2.45) is 0 Å². The highest BCUT2D eigenvalue weighted by Crippen LogP contribution is 2.19. The Balaban J connectivity index is 0.000000277. The fourth-order valence-corrected chi connectivity index (χ4v) is 2.91. The lowest BCUT2D eigenvalue weighted by Gasteiger charge is -2.16. The van der Waals surface area contributed by atoms with Gasteiger partial charge in [-0.05, 0) is 25.0 Å². The van der Waals surface area contributed by atoms with E-state index in [1.807, 2.05) is 26.1 Å². The number of pyridine rings is 1. The van der Waals surface area contributed by atoms with E-state index < -0.39 is 0 Å². The van der Waals surface area contributed by atoms with Crippen molar-refractivity contribution >= 4 is 29.0 Å². The maximum atomic E-state index is 12.1. The Bertz CT molecular complexity index is 964. The average Bonchev–Trinajstić information content (AvgIpc) is 3.51. The normalized spacial score (nSPS) is 12.5. The molecule has 11 heteroatoms. The molecule has 1 N–H and O–H groups in total. The molecule has 1 aliphatic heterocycles. The molecule has 3 aromatic heterocycles. The minimum atomic E-state index is -0.374. The number of rotatable bonds is 6. The molecule has 0 bridgehead atoms. The Kier molecular flexibility index (Phi) is 10.6. The fourth-order valence-electron chi connectivity index (χ4n) is 2.84. The smallest absolute Gasteiger partial charge is 0.280 e. The van der Waals surface area contributed by atoms with Crippen molar-refractivity contribution < 1.29 is 18.8 Å². The van der Waals surface area contributed by atoms with Gasteiger partial charge < -0.3 is 9.64 Å². The first-order valence-electron chi connectivity index (χ1n) is 10.4. The number of hydroxylamine groups is 1. The van der Waals surface area contributed by atoms with Crippen LogP contribution in [0.2, 0.25) is 0 Å². The van der Waals surface area contributed by atoms with Gasteiger partial charge in [0, 0.05) is 31.2 Å². The zero-order valence-corrected chi connectivity index (χ0v) is 19.2. The van der Waals surface area contributed by atoms with Crippen LogP contribution >= 0.6 is 11.6 Å². The molecule has 4 rings (SSSR count). The first-order chi connectivity index (χ1) is 15.6. The molecule has 0 saturated carbocycles. The summed E-state index contributed by atoms with van der Waals surface area (Å²) >= 11 is 5.49. The number of hydrogen-bond acceptors (Lipinski definition) is 7. The van der Waals surface area contributed by atoms with Crippen LogP contribution in [0, 0.1) is 5.82 Å². The molecule has 9 nitrogen and oxygen atoms in total. The Hall–Kier alpha value is -2.98. The zero-order valence-electron chi connectivity index (χ0n) is 18.4. The van der Waals surface area contributed by atoms with E-state index in [4.69, 9.17) is 21.2 Å². The zero-order chi connectivity index (χ0) is 23.3. The number of ether oxygens (including phenoxy) is 1. The predicted octanol–water partition coefficient (Wildman–Crippen LogP) is 3.49. The van der Waals surface area contributed by atoms with E-state index in [0.717, 1.165) is 25.1 Å². The Labute approximate surface area is 191 Å². The molecule has 1 aliphatic rings. The molecule has 4 heterocycles. The summed E-state index contributed by atoms with van der Waals surface area (Å²) in [6, 6.07) is 4.68. The van der Waals surface area contributed by atoms with E-state index >= 15 is 0 Å². The van der Waals surface area contributed by atoms with Crippen molar-refractivity contribution in [1.82, 2.24) is 25.1 Å². The lowest BCUT2D eigenvalue weighted by molar-refractivity contribution is 0.0373. The average molecular weight is 467 g/mol. The molecule has 0 aromatic carbocycles. The second kappa shape index (κ2) is 13.4. The quantitative estimate of drug-likeness (QED) is 0.337. The molecule has 0 atom stereocenters. The molecule has 3 aromatic rings. The Morgan fingerprint density at radius 2 is 1.97 bits per heavy atom. The van der Waals surface area contributed by atoms with E-state index in [1.165, 1.54) is 38.3 Å². The lowest BCUT2D eigenvalue weighted by Crippen LogP contribution is -2.25. The number of anilines is 1. The lowest BCUT2D eigenvalue weighted by atomic mass is 10.3. The monoisotopic (exact) mass is 466 g/mol. The van der Waals surface area contributed by atoms with Crippen molar-refractivity contribution in [3.63, 3.8) is 0 Å². The SMILES string of the molecule is CC.COc1ccc(F)cn1.O=C(NOCCCl)c1cnn2ccc(N3CCCC3)nc12. The minimum absolute atomic E-state index is 0.249. The van der Waals surface area contributed by atoms with Crippen molar-refractivity contribution in [2.45, 2.75) is 26.7 Å². The maximum Gasteiger partial charge on any atom is 0.280 e. The molecule has 1 amide bonds. The minimum Gasteiger partial charge on any atom is -0.481 e.